The third-order valence-corrected chi connectivity index (χ3v) is 11.7. The van der Waals surface area contributed by atoms with Crippen molar-refractivity contribution < 1.29 is 0 Å². The van der Waals surface area contributed by atoms with E-state index in [1.54, 1.807) is 25.7 Å². The van der Waals surface area contributed by atoms with Crippen molar-refractivity contribution in [3.63, 3.8) is 0 Å². The lowest BCUT2D eigenvalue weighted by Gasteiger charge is -2.74. The predicted octanol–water partition coefficient (Wildman–Crippen LogP) is 6.97. The minimum absolute atomic E-state index is 0.457. The summed E-state index contributed by atoms with van der Waals surface area (Å²) in [7, 11) is 0. The second-order valence-electron chi connectivity index (χ2n) is 11.0. The van der Waals surface area contributed by atoms with E-state index >= 15 is 0 Å². The highest BCUT2D eigenvalue weighted by Gasteiger charge is 2.71. The van der Waals surface area contributed by atoms with Crippen molar-refractivity contribution in [3.8, 4) is 0 Å². The molecule has 23 heavy (non-hydrogen) atoms. The second-order valence-corrected chi connectivity index (χ2v) is 16.0. The molecule has 128 valence electrons. The van der Waals surface area contributed by atoms with Gasteiger partial charge in [0.05, 0.1) is 0 Å². The van der Waals surface area contributed by atoms with Gasteiger partial charge in [-0.05, 0) is 106 Å². The monoisotopic (exact) mass is 504 g/mol. The van der Waals surface area contributed by atoms with Gasteiger partial charge in [-0.15, -0.1) is 0 Å². The van der Waals surface area contributed by atoms with E-state index in [1.165, 1.54) is 51.4 Å². The molecule has 4 unspecified atom stereocenters. The highest BCUT2D eigenvalue weighted by molar-refractivity contribution is 9.10. The predicted molar refractivity (Wildman–Crippen MR) is 106 cm³/mol. The molecule has 0 radical (unpaired) electrons. The highest BCUT2D eigenvalue weighted by Crippen LogP contribution is 2.79. The zero-order valence-electron chi connectivity index (χ0n) is 13.9. The van der Waals surface area contributed by atoms with E-state index in [-0.39, 0.29) is 0 Å². The molecule has 8 fully saturated rings. The van der Waals surface area contributed by atoms with E-state index in [1.807, 2.05) is 0 Å². The SMILES string of the molecule is BrC12CC3CC(C1)CC(C14CC5CC(Br)(CC(Br)(C5)C1)C4)(C3)C2. The second kappa shape index (κ2) is 4.29. The lowest BCUT2D eigenvalue weighted by Crippen LogP contribution is -2.67. The molecule has 0 heterocycles. The molecule has 0 amide bonds. The molecular formula is C20H27Br3. The molecular weight excluding hydrogens is 480 g/mol. The van der Waals surface area contributed by atoms with Crippen LogP contribution in [0.1, 0.15) is 77.0 Å². The maximum atomic E-state index is 4.28. The standard InChI is InChI=1S/C20H27Br3/c21-18-5-13-1-14(6-18)3-16(2-13,9-18)17-4-15-7-19(22,10-17)12-20(23,8-15)11-17/h13-15H,1-12H2. The third-order valence-electron chi connectivity index (χ3n) is 9.05. The lowest BCUT2D eigenvalue weighted by molar-refractivity contribution is -0.179. The Morgan fingerprint density at radius 2 is 0.957 bits per heavy atom. The average Bonchev–Trinajstić information content (AvgIpc) is 2.30. The molecule has 8 bridgehead atoms. The van der Waals surface area contributed by atoms with Crippen LogP contribution >= 0.6 is 47.8 Å². The first-order chi connectivity index (χ1) is 10.7. The smallest absolute Gasteiger partial charge is 0.0279 e. The van der Waals surface area contributed by atoms with Crippen molar-refractivity contribution >= 4 is 47.8 Å². The van der Waals surface area contributed by atoms with E-state index in [0.717, 1.165) is 17.8 Å². The number of alkyl halides is 3. The molecule has 0 saturated heterocycles. The Morgan fingerprint density at radius 1 is 0.478 bits per heavy atom. The van der Waals surface area contributed by atoms with Gasteiger partial charge in [-0.2, -0.15) is 0 Å². The van der Waals surface area contributed by atoms with Gasteiger partial charge in [0.2, 0.25) is 0 Å². The topological polar surface area (TPSA) is 0 Å². The maximum Gasteiger partial charge on any atom is 0.0279 e. The fraction of sp³-hybridized carbons (Fsp3) is 1.00. The van der Waals surface area contributed by atoms with Crippen LogP contribution in [-0.2, 0) is 0 Å². The summed E-state index contributed by atoms with van der Waals surface area (Å²) >= 11 is 12.8. The molecule has 0 aromatic heterocycles. The van der Waals surface area contributed by atoms with Crippen LogP contribution in [0, 0.1) is 28.6 Å². The van der Waals surface area contributed by atoms with Gasteiger partial charge in [0.1, 0.15) is 0 Å². The van der Waals surface area contributed by atoms with Crippen molar-refractivity contribution in [1.29, 1.82) is 0 Å². The van der Waals surface area contributed by atoms with Gasteiger partial charge in [-0.25, -0.2) is 0 Å². The summed E-state index contributed by atoms with van der Waals surface area (Å²) in [6, 6.07) is 0. The Labute approximate surface area is 165 Å². The molecule has 8 saturated carbocycles. The summed E-state index contributed by atoms with van der Waals surface area (Å²) in [5.74, 6) is 3.03. The molecule has 8 aliphatic rings. The third kappa shape index (κ3) is 2.00. The maximum absolute atomic E-state index is 4.28. The fourth-order valence-corrected chi connectivity index (χ4v) is 14.5. The zero-order chi connectivity index (χ0) is 15.7. The Hall–Kier alpha value is 1.44. The summed E-state index contributed by atoms with van der Waals surface area (Å²) in [4.78, 5) is 0. The highest BCUT2D eigenvalue weighted by atomic mass is 79.9. The molecule has 0 aliphatic heterocycles. The molecule has 3 heteroatoms. The number of hydrogen-bond acceptors (Lipinski definition) is 0. The van der Waals surface area contributed by atoms with E-state index in [4.69, 9.17) is 0 Å². The molecule has 4 atom stereocenters. The summed E-state index contributed by atoms with van der Waals surface area (Å²) in [6.07, 6.45) is 17.9. The molecule has 0 N–H and O–H groups in total. The van der Waals surface area contributed by atoms with Crippen LogP contribution in [-0.4, -0.2) is 13.0 Å². The van der Waals surface area contributed by atoms with Crippen molar-refractivity contribution in [2.75, 3.05) is 0 Å². The van der Waals surface area contributed by atoms with Crippen LogP contribution in [0.15, 0.2) is 0 Å². The van der Waals surface area contributed by atoms with Crippen molar-refractivity contribution in [2.45, 2.75) is 90.0 Å². The average molecular weight is 507 g/mol. The van der Waals surface area contributed by atoms with Crippen LogP contribution < -0.4 is 0 Å². The van der Waals surface area contributed by atoms with Crippen molar-refractivity contribution in [3.05, 3.63) is 0 Å². The summed E-state index contributed by atoms with van der Waals surface area (Å²) in [6.45, 7) is 0. The Bertz CT molecular complexity index is 551. The Kier molecular flexibility index (Phi) is 2.89. The number of hydrogen-bond donors (Lipinski definition) is 0. The lowest BCUT2D eigenvalue weighted by atomic mass is 9.35. The summed E-state index contributed by atoms with van der Waals surface area (Å²) in [5.41, 5.74) is 1.30. The molecule has 0 spiro atoms. The van der Waals surface area contributed by atoms with E-state index in [0.29, 0.717) is 23.8 Å². The summed E-state index contributed by atoms with van der Waals surface area (Å²) in [5, 5.41) is 0. The minimum Gasteiger partial charge on any atom is -0.0853 e. The fourth-order valence-electron chi connectivity index (χ4n) is 9.57. The molecule has 0 aromatic rings. The molecule has 8 aliphatic carbocycles. The van der Waals surface area contributed by atoms with Gasteiger partial charge in [0, 0.05) is 13.0 Å². The number of halogens is 3. The van der Waals surface area contributed by atoms with Crippen LogP contribution in [0.5, 0.6) is 0 Å². The molecule has 0 aromatic carbocycles. The van der Waals surface area contributed by atoms with Crippen molar-refractivity contribution in [1.82, 2.24) is 0 Å². The number of rotatable bonds is 1. The first kappa shape index (κ1) is 15.5. The van der Waals surface area contributed by atoms with Gasteiger partial charge in [-0.3, -0.25) is 0 Å². The Morgan fingerprint density at radius 3 is 1.48 bits per heavy atom. The first-order valence-electron chi connectivity index (χ1n) is 9.79. The zero-order valence-corrected chi connectivity index (χ0v) is 18.6. The van der Waals surface area contributed by atoms with Crippen molar-refractivity contribution in [2.24, 2.45) is 28.6 Å². The van der Waals surface area contributed by atoms with Gasteiger partial charge in [-0.1, -0.05) is 47.8 Å². The van der Waals surface area contributed by atoms with Gasteiger partial charge >= 0.3 is 0 Å². The molecule has 0 nitrogen and oxygen atoms in total. The Balaban J connectivity index is 1.48. The largest absolute Gasteiger partial charge is 0.0853 e. The summed E-state index contributed by atoms with van der Waals surface area (Å²) < 4.78 is 1.43. The first-order valence-corrected chi connectivity index (χ1v) is 12.2. The van der Waals surface area contributed by atoms with Crippen LogP contribution in [0.3, 0.4) is 0 Å². The van der Waals surface area contributed by atoms with Crippen LogP contribution in [0.2, 0.25) is 0 Å². The van der Waals surface area contributed by atoms with Gasteiger partial charge < -0.3 is 0 Å². The van der Waals surface area contributed by atoms with E-state index < -0.39 is 0 Å². The quantitative estimate of drug-likeness (QED) is 0.337. The molecule has 8 rings (SSSR count). The van der Waals surface area contributed by atoms with E-state index in [2.05, 4.69) is 47.8 Å². The van der Waals surface area contributed by atoms with Crippen LogP contribution in [0.25, 0.3) is 0 Å². The van der Waals surface area contributed by atoms with Gasteiger partial charge in [0.15, 0.2) is 0 Å². The normalized spacial score (nSPS) is 68.7. The minimum atomic E-state index is 0.457. The van der Waals surface area contributed by atoms with E-state index in [9.17, 15) is 0 Å². The van der Waals surface area contributed by atoms with Crippen LogP contribution in [0.4, 0.5) is 0 Å². The van der Waals surface area contributed by atoms with Gasteiger partial charge in [0.25, 0.3) is 0 Å².